The van der Waals surface area contributed by atoms with Crippen LogP contribution >= 0.6 is 56.7 Å². The Morgan fingerprint density at radius 2 is 0.607 bits per heavy atom. The molecule has 0 spiro atoms. The number of benzene rings is 5. The molecule has 5 N–H and O–H groups in total. The fraction of sp³-hybridized carbons (Fsp3) is 0.186. The molecule has 0 bridgehead atoms. The fourth-order valence-electron chi connectivity index (χ4n) is 10.9. The van der Waals surface area contributed by atoms with Crippen LogP contribution < -0.4 is 48.2 Å². The zero-order chi connectivity index (χ0) is 81.9. The highest BCUT2D eigenvalue weighted by atomic mass is 32.1. The minimum atomic E-state index is -0.347. The van der Waals surface area contributed by atoms with Crippen molar-refractivity contribution in [2.24, 2.45) is 0 Å². The van der Waals surface area contributed by atoms with Gasteiger partial charge < -0.3 is 23.7 Å². The lowest BCUT2D eigenvalue weighted by atomic mass is 10.1. The summed E-state index contributed by atoms with van der Waals surface area (Å²) in [7, 11) is 0. The highest BCUT2D eigenvalue weighted by molar-refractivity contribution is 7.11. The lowest BCUT2D eigenvalue weighted by Crippen LogP contribution is -2.34. The van der Waals surface area contributed by atoms with E-state index in [0.29, 0.717) is 90.6 Å². The Hall–Kier alpha value is -13.1. The van der Waals surface area contributed by atoms with Gasteiger partial charge >= 0.3 is 0 Å². The molecule has 117 heavy (non-hydrogen) atoms. The Labute approximate surface area is 695 Å². The molecule has 25 nitrogen and oxygen atoms in total. The van der Waals surface area contributed by atoms with E-state index in [9.17, 15) is 28.4 Å². The van der Waals surface area contributed by atoms with E-state index in [-0.39, 0.29) is 68.4 Å². The number of hydrogen-bond donors (Lipinski definition) is 5. The number of carbonyl (C=O) groups excluding carboxylic acids is 5. The molecule has 0 aliphatic carbocycles. The van der Waals surface area contributed by atoms with Crippen molar-refractivity contribution in [3.8, 4) is 28.7 Å². The number of H-pyrrole nitrogens is 5. The number of halogens is 1. The Morgan fingerprint density at radius 3 is 0.880 bits per heavy atom. The summed E-state index contributed by atoms with van der Waals surface area (Å²) in [5.74, 6) is 5.43. The Bertz CT molecular complexity index is 5200. The van der Waals surface area contributed by atoms with Crippen LogP contribution in [0, 0.1) is 33.5 Å². The van der Waals surface area contributed by atoms with Gasteiger partial charge in [0.05, 0.1) is 63.7 Å². The van der Waals surface area contributed by atoms with Gasteiger partial charge in [-0.15, -0.1) is 56.7 Å². The molecule has 0 unspecified atom stereocenters. The third-order valence-electron chi connectivity index (χ3n) is 17.3. The second-order valence-electron chi connectivity index (χ2n) is 25.8. The molecule has 15 aromatic rings. The predicted octanol–water partition coefficient (Wildman–Crippen LogP) is 17.4. The number of ether oxygens (including phenoxy) is 5. The smallest absolute Gasteiger partial charge is 0.266 e. The maximum atomic E-state index is 12.9. The molecule has 0 atom stereocenters. The maximum absolute atomic E-state index is 12.9. The molecular weight excluding hydrogens is 1580 g/mol. The van der Waals surface area contributed by atoms with Crippen LogP contribution in [0.15, 0.2) is 264 Å². The molecule has 0 radical (unpaired) electrons. The molecular formula is C86H86FN15O10S5. The Morgan fingerprint density at radius 1 is 0.316 bits per heavy atom. The zero-order valence-electron chi connectivity index (χ0n) is 64.7. The van der Waals surface area contributed by atoms with Crippen molar-refractivity contribution in [3.05, 3.63) is 322 Å². The summed E-state index contributed by atoms with van der Waals surface area (Å²) in [5, 5.41) is 43.7. The quantitative estimate of drug-likeness (QED) is 0.0270. The molecule has 5 aromatic carbocycles. The van der Waals surface area contributed by atoms with Crippen molar-refractivity contribution in [1.82, 2.24) is 51.0 Å². The summed E-state index contributed by atoms with van der Waals surface area (Å²) < 4.78 is 40.8. The normalized spacial score (nSPS) is 10.5. The van der Waals surface area contributed by atoms with Gasteiger partial charge in [-0.3, -0.25) is 74.0 Å². The highest BCUT2D eigenvalue weighted by Crippen LogP contribution is 2.26. The van der Waals surface area contributed by atoms with Crippen LogP contribution in [0.4, 0.5) is 33.5 Å². The molecule has 0 saturated carbocycles. The number of nitrogens with one attached hydrogen (secondary N) is 5. The van der Waals surface area contributed by atoms with Gasteiger partial charge in [0.2, 0.25) is 0 Å². The van der Waals surface area contributed by atoms with Gasteiger partial charge in [-0.25, -0.2) is 4.39 Å². The van der Waals surface area contributed by atoms with E-state index in [1.165, 1.54) is 35.4 Å². The molecule has 0 saturated heterocycles. The minimum Gasteiger partial charge on any atom is -0.484 e. The van der Waals surface area contributed by atoms with Crippen LogP contribution in [0.3, 0.4) is 0 Å². The van der Waals surface area contributed by atoms with E-state index in [1.807, 2.05) is 206 Å². The molecule has 0 fully saturated rings. The lowest BCUT2D eigenvalue weighted by Gasteiger charge is -2.20. The van der Waals surface area contributed by atoms with E-state index in [4.69, 9.17) is 23.7 Å². The van der Waals surface area contributed by atoms with E-state index in [0.717, 1.165) is 47.5 Å². The second kappa shape index (κ2) is 44.6. The lowest BCUT2D eigenvalue weighted by molar-refractivity contribution is -0.121. The van der Waals surface area contributed by atoms with Crippen molar-refractivity contribution in [3.63, 3.8) is 0 Å². The standard InChI is InChI=1S/2C18H19N3O2S.2C17H17N3O2S.C16H14FN3O2S/c1-13-5-6-15(10-14(13)2)23-12-18(22)21(17-7-8-19-20-17)11-16-4-3-9-24-16;1-2-14-5-7-15(8-6-14)23-13-18(22)21(17-9-10-19-20-17)12-16-4-3-11-24-16;1-13-4-2-5-14(10-13)22-12-17(21)20(16-7-8-18-19-16)11-15-6-3-9-23-15;1-13-4-6-14(7-5-13)22-12-17(21)20(16-8-9-18-19-16)11-15-3-2-10-23-15;17-12-3-5-13(6-4-12)22-11-16(21)20(15-7-8-18-19-15)10-14-2-1-9-23-14/h3-10H,11-12H2,1-2H3,(H,19,20);3-11H,2,12-13H2,1H3,(H,19,20);2*2-10H,11-12H2,1H3,(H,18,19);1-9H,10-11H2,(H,18,19). The molecule has 5 amide bonds. The van der Waals surface area contributed by atoms with Gasteiger partial charge in [-0.1, -0.05) is 85.3 Å². The molecule has 15 rings (SSSR count). The third kappa shape index (κ3) is 27.0. The van der Waals surface area contributed by atoms with Gasteiger partial charge in [-0.2, -0.15) is 25.5 Å². The van der Waals surface area contributed by atoms with Gasteiger partial charge in [-0.05, 0) is 186 Å². The van der Waals surface area contributed by atoms with Gasteiger partial charge in [0.25, 0.3) is 29.5 Å². The summed E-state index contributed by atoms with van der Waals surface area (Å²) >= 11 is 8.03. The average molecular weight is 1670 g/mol. The summed E-state index contributed by atoms with van der Waals surface area (Å²) in [6.07, 6.45) is 9.09. The van der Waals surface area contributed by atoms with E-state index in [1.54, 1.807) is 142 Å². The molecule has 10 heterocycles. The molecule has 0 aliphatic rings. The number of aromatic nitrogens is 10. The van der Waals surface area contributed by atoms with Crippen LogP contribution in [-0.4, -0.2) is 114 Å². The first-order chi connectivity index (χ1) is 57.1. The van der Waals surface area contributed by atoms with Crippen LogP contribution in [0.1, 0.15) is 59.1 Å². The van der Waals surface area contributed by atoms with Crippen LogP contribution in [0.25, 0.3) is 0 Å². The first-order valence-corrected chi connectivity index (χ1v) is 41.3. The number of amides is 5. The average Bonchev–Trinajstić information content (AvgIpc) is 1.78. The number of anilines is 5. The van der Waals surface area contributed by atoms with Crippen LogP contribution in [-0.2, 0) is 63.1 Å². The molecule has 0 aliphatic heterocycles. The third-order valence-corrected chi connectivity index (χ3v) is 21.6. The van der Waals surface area contributed by atoms with Crippen molar-refractivity contribution in [1.29, 1.82) is 0 Å². The molecule has 602 valence electrons. The van der Waals surface area contributed by atoms with Gasteiger partial charge in [0.15, 0.2) is 33.0 Å². The summed E-state index contributed by atoms with van der Waals surface area (Å²) in [6.45, 7) is 12.4. The monoisotopic (exact) mass is 1670 g/mol. The first-order valence-electron chi connectivity index (χ1n) is 36.9. The number of aromatic amines is 5. The van der Waals surface area contributed by atoms with Crippen molar-refractivity contribution >= 4 is 115 Å². The summed E-state index contributed by atoms with van der Waals surface area (Å²) in [5.41, 5.74) is 5.83. The second-order valence-corrected chi connectivity index (χ2v) is 30.9. The van der Waals surface area contributed by atoms with E-state index >= 15 is 0 Å². The van der Waals surface area contributed by atoms with E-state index in [2.05, 4.69) is 57.9 Å². The van der Waals surface area contributed by atoms with Crippen molar-refractivity contribution in [2.45, 2.75) is 73.8 Å². The SMILES string of the molecule is CCc1ccc(OCC(=O)N(Cc2cccs2)c2ccn[nH]2)cc1.Cc1ccc(OCC(=O)N(Cc2cccs2)c2ccn[nH]2)cc1.Cc1ccc(OCC(=O)N(Cc2cccs2)c2ccn[nH]2)cc1C.Cc1cccc(OCC(=O)N(Cc2cccs2)c2ccn[nH]2)c1.O=C(COc1ccc(F)cc1)N(Cc1cccs1)c1ccn[nH]1. The number of rotatable bonds is 31. The van der Waals surface area contributed by atoms with Gasteiger partial charge in [0.1, 0.15) is 63.7 Å². The summed E-state index contributed by atoms with van der Waals surface area (Å²) in [4.78, 5) is 76.5. The Balaban J connectivity index is 0.000000144. The van der Waals surface area contributed by atoms with E-state index < -0.39 is 0 Å². The topological polar surface area (TPSA) is 291 Å². The molecule has 10 aromatic heterocycles. The van der Waals surface area contributed by atoms with Crippen LogP contribution in [0.2, 0.25) is 0 Å². The number of nitrogens with zero attached hydrogens (tertiary/aromatic N) is 10. The summed E-state index contributed by atoms with van der Waals surface area (Å²) in [6, 6.07) is 63.1. The fourth-order valence-corrected chi connectivity index (χ4v) is 14.4. The van der Waals surface area contributed by atoms with Crippen molar-refractivity contribution < 1.29 is 52.0 Å². The van der Waals surface area contributed by atoms with Crippen LogP contribution in [0.5, 0.6) is 28.7 Å². The highest BCUT2D eigenvalue weighted by Gasteiger charge is 2.24. The minimum absolute atomic E-state index is 0.0180. The number of hydrogen-bond acceptors (Lipinski definition) is 20. The maximum Gasteiger partial charge on any atom is 0.266 e. The largest absolute Gasteiger partial charge is 0.484 e. The number of aryl methyl sites for hydroxylation is 5. The first kappa shape index (κ1) is 84.8. The van der Waals surface area contributed by atoms with Gasteiger partial charge in [0, 0.05) is 54.7 Å². The Kier molecular flexibility index (Phi) is 32.3. The molecule has 31 heteroatoms. The number of carbonyl (C=O) groups is 5. The predicted molar refractivity (Wildman–Crippen MR) is 458 cm³/mol. The zero-order valence-corrected chi connectivity index (χ0v) is 68.7. The van der Waals surface area contributed by atoms with Crippen molar-refractivity contribution in [2.75, 3.05) is 57.5 Å². The number of thiophene rings is 5.